The van der Waals surface area contributed by atoms with E-state index in [9.17, 15) is 0 Å². The highest BCUT2D eigenvalue weighted by Crippen LogP contribution is 2.27. The summed E-state index contributed by atoms with van der Waals surface area (Å²) in [6.07, 6.45) is 0.159. The van der Waals surface area contributed by atoms with E-state index >= 15 is 0 Å². The van der Waals surface area contributed by atoms with Gasteiger partial charge in [0.15, 0.2) is 0 Å². The van der Waals surface area contributed by atoms with Gasteiger partial charge in [-0.15, -0.1) is 0 Å². The van der Waals surface area contributed by atoms with Gasteiger partial charge >= 0.3 is 0 Å². The Morgan fingerprint density at radius 3 is 2.74 bits per heavy atom. The fraction of sp³-hybridized carbons (Fsp3) is 0.529. The van der Waals surface area contributed by atoms with Gasteiger partial charge in [-0.3, -0.25) is 10.2 Å². The number of halogens is 1. The minimum Gasteiger partial charge on any atom is -0.357 e. The van der Waals surface area contributed by atoms with Gasteiger partial charge in [0, 0.05) is 53.5 Å². The van der Waals surface area contributed by atoms with E-state index in [-0.39, 0.29) is 12.3 Å². The van der Waals surface area contributed by atoms with Crippen LogP contribution in [-0.4, -0.2) is 48.4 Å². The van der Waals surface area contributed by atoms with Crippen molar-refractivity contribution in [2.75, 3.05) is 31.1 Å². The Kier molecular flexibility index (Phi) is 5.54. The largest absolute Gasteiger partial charge is 0.357 e. The van der Waals surface area contributed by atoms with Crippen molar-refractivity contribution in [3.8, 4) is 0 Å². The lowest BCUT2D eigenvalue weighted by Gasteiger charge is -2.42. The molecule has 1 saturated heterocycles. The molecular formula is C17H25ClN4S. The number of nitrogens with one attached hydrogen (secondary N) is 2. The highest BCUT2D eigenvalue weighted by atomic mass is 35.5. The minimum atomic E-state index is 0.159. The van der Waals surface area contributed by atoms with Crippen LogP contribution in [0.5, 0.6) is 0 Å². The average Bonchev–Trinajstić information content (AvgIpc) is 2.55. The molecule has 0 amide bonds. The zero-order chi connectivity index (χ0) is 16.4. The van der Waals surface area contributed by atoms with E-state index in [1.807, 2.05) is 23.9 Å². The lowest BCUT2D eigenvalue weighted by Crippen LogP contribution is -2.62. The van der Waals surface area contributed by atoms with Gasteiger partial charge in [0.05, 0.1) is 0 Å². The van der Waals surface area contributed by atoms with E-state index in [1.54, 1.807) is 0 Å². The predicted octanol–water partition coefficient (Wildman–Crippen LogP) is 2.23. The van der Waals surface area contributed by atoms with Crippen LogP contribution in [0.3, 0.4) is 0 Å². The van der Waals surface area contributed by atoms with E-state index in [4.69, 9.17) is 17.3 Å². The van der Waals surface area contributed by atoms with Crippen LogP contribution in [0, 0.1) is 6.92 Å². The second kappa shape index (κ2) is 7.45. The Morgan fingerprint density at radius 2 is 2.09 bits per heavy atom. The highest BCUT2D eigenvalue weighted by molar-refractivity contribution is 7.99. The third kappa shape index (κ3) is 3.69. The smallest absolute Gasteiger partial charge is 0.135 e. The Labute approximate surface area is 147 Å². The number of thioether (sulfide) groups is 1. The van der Waals surface area contributed by atoms with Gasteiger partial charge in [0.1, 0.15) is 6.29 Å². The summed E-state index contributed by atoms with van der Waals surface area (Å²) < 4.78 is 0. The normalized spacial score (nSPS) is 26.3. The van der Waals surface area contributed by atoms with Crippen LogP contribution in [0.1, 0.15) is 18.1 Å². The molecule has 126 valence electrons. The molecule has 2 heterocycles. The molecule has 2 atom stereocenters. The summed E-state index contributed by atoms with van der Waals surface area (Å²) in [6, 6.07) is 6.31. The number of hydrogen-bond donors (Lipinski definition) is 3. The van der Waals surface area contributed by atoms with Crippen LogP contribution >= 0.6 is 23.4 Å². The van der Waals surface area contributed by atoms with Gasteiger partial charge in [0.25, 0.3) is 0 Å². The molecule has 0 aromatic heterocycles. The van der Waals surface area contributed by atoms with Gasteiger partial charge < -0.3 is 11.1 Å². The molecule has 0 aliphatic carbocycles. The zero-order valence-corrected chi connectivity index (χ0v) is 15.3. The number of nitrogens with zero attached hydrogens (tertiary/aromatic N) is 1. The molecule has 1 aromatic carbocycles. The van der Waals surface area contributed by atoms with E-state index < -0.39 is 0 Å². The second-order valence-corrected chi connectivity index (χ2v) is 7.81. The quantitative estimate of drug-likeness (QED) is 0.779. The molecule has 6 heteroatoms. The van der Waals surface area contributed by atoms with Gasteiger partial charge in [-0.05, 0) is 37.1 Å². The van der Waals surface area contributed by atoms with Crippen molar-refractivity contribution in [1.29, 1.82) is 0 Å². The number of benzene rings is 1. The molecule has 2 aliphatic rings. The van der Waals surface area contributed by atoms with Crippen molar-refractivity contribution < 1.29 is 0 Å². The fourth-order valence-corrected chi connectivity index (χ4v) is 4.45. The summed E-state index contributed by atoms with van der Waals surface area (Å²) in [5.74, 6) is 2.38. The number of nitrogens with two attached hydrogens (primary N) is 1. The molecule has 23 heavy (non-hydrogen) atoms. The standard InChI is InChI=1S/C17H25ClN4S/c1-11-9-13(18)3-4-14(11)16-15(10-19)12(2)20-17(21-16)22-5-7-23-8-6-22/h3-4,9,12,17,20-21H,5-8,10,19H2,1-2H3. The predicted molar refractivity (Wildman–Crippen MR) is 101 cm³/mol. The van der Waals surface area contributed by atoms with E-state index in [0.29, 0.717) is 6.54 Å². The van der Waals surface area contributed by atoms with Crippen molar-refractivity contribution in [2.24, 2.45) is 5.73 Å². The van der Waals surface area contributed by atoms with E-state index in [0.717, 1.165) is 23.8 Å². The van der Waals surface area contributed by atoms with Crippen LogP contribution in [0.2, 0.25) is 5.02 Å². The third-order valence-corrected chi connectivity index (χ3v) is 5.80. The van der Waals surface area contributed by atoms with Gasteiger partial charge in [-0.25, -0.2) is 0 Å². The SMILES string of the molecule is Cc1cc(Cl)ccc1C1=C(CN)C(C)NC(N2CCSCC2)N1. The summed E-state index contributed by atoms with van der Waals surface area (Å²) in [6.45, 7) is 7.05. The first-order chi connectivity index (χ1) is 11.1. The molecule has 2 unspecified atom stereocenters. The van der Waals surface area contributed by atoms with Crippen LogP contribution in [-0.2, 0) is 0 Å². The molecule has 4 N–H and O–H groups in total. The molecule has 3 rings (SSSR count). The monoisotopic (exact) mass is 352 g/mol. The van der Waals surface area contributed by atoms with Crippen molar-refractivity contribution in [3.05, 3.63) is 39.9 Å². The van der Waals surface area contributed by atoms with Crippen molar-refractivity contribution in [1.82, 2.24) is 15.5 Å². The third-order valence-electron chi connectivity index (χ3n) is 4.62. The van der Waals surface area contributed by atoms with Crippen LogP contribution in [0.15, 0.2) is 23.8 Å². The molecule has 1 fully saturated rings. The molecule has 4 nitrogen and oxygen atoms in total. The summed E-state index contributed by atoms with van der Waals surface area (Å²) in [5.41, 5.74) is 10.8. The van der Waals surface area contributed by atoms with Gasteiger partial charge in [-0.1, -0.05) is 17.7 Å². The first-order valence-corrected chi connectivity index (χ1v) is 9.67. The summed E-state index contributed by atoms with van der Waals surface area (Å²) in [7, 11) is 0. The maximum absolute atomic E-state index is 6.12. The summed E-state index contributed by atoms with van der Waals surface area (Å²) >= 11 is 8.15. The van der Waals surface area contributed by atoms with Gasteiger partial charge in [0.2, 0.25) is 0 Å². The first kappa shape index (κ1) is 17.1. The summed E-state index contributed by atoms with van der Waals surface area (Å²) in [4.78, 5) is 2.48. The Bertz CT molecular complexity index is 598. The van der Waals surface area contributed by atoms with Crippen molar-refractivity contribution >= 4 is 29.1 Å². The van der Waals surface area contributed by atoms with Crippen molar-refractivity contribution in [3.63, 3.8) is 0 Å². The topological polar surface area (TPSA) is 53.3 Å². The molecule has 0 spiro atoms. The molecule has 0 bridgehead atoms. The highest BCUT2D eigenvalue weighted by Gasteiger charge is 2.30. The molecule has 2 aliphatic heterocycles. The molecule has 1 aromatic rings. The Morgan fingerprint density at radius 1 is 1.35 bits per heavy atom. The molecule has 0 radical (unpaired) electrons. The number of rotatable bonds is 3. The fourth-order valence-electron chi connectivity index (χ4n) is 3.29. The maximum Gasteiger partial charge on any atom is 0.135 e. The number of aryl methyl sites for hydroxylation is 1. The van der Waals surface area contributed by atoms with E-state index in [1.165, 1.54) is 28.2 Å². The molecular weight excluding hydrogens is 328 g/mol. The minimum absolute atomic E-state index is 0.159. The average molecular weight is 353 g/mol. The molecule has 0 saturated carbocycles. The first-order valence-electron chi connectivity index (χ1n) is 8.14. The van der Waals surface area contributed by atoms with Gasteiger partial charge in [-0.2, -0.15) is 11.8 Å². The summed E-state index contributed by atoms with van der Waals surface area (Å²) in [5, 5.41) is 8.12. The zero-order valence-electron chi connectivity index (χ0n) is 13.7. The van der Waals surface area contributed by atoms with Crippen LogP contribution in [0.25, 0.3) is 5.70 Å². The lowest BCUT2D eigenvalue weighted by molar-refractivity contribution is 0.150. The second-order valence-electron chi connectivity index (χ2n) is 6.15. The Hall–Kier alpha value is -0.720. The number of hydrogen-bond acceptors (Lipinski definition) is 5. The maximum atomic E-state index is 6.12. The Balaban J connectivity index is 1.93. The van der Waals surface area contributed by atoms with Crippen LogP contribution in [0.4, 0.5) is 0 Å². The van der Waals surface area contributed by atoms with Crippen molar-refractivity contribution in [2.45, 2.75) is 26.2 Å². The lowest BCUT2D eigenvalue weighted by atomic mass is 9.96. The van der Waals surface area contributed by atoms with E-state index in [2.05, 4.69) is 35.4 Å². The van der Waals surface area contributed by atoms with Crippen LogP contribution < -0.4 is 16.4 Å².